The number of halogens is 1. The van der Waals surface area contributed by atoms with Gasteiger partial charge in [0.1, 0.15) is 11.4 Å². The fourth-order valence-electron chi connectivity index (χ4n) is 1.78. The van der Waals surface area contributed by atoms with Crippen molar-refractivity contribution < 1.29 is 14.1 Å². The third-order valence-corrected chi connectivity index (χ3v) is 2.74. The largest absolute Gasteiger partial charge is 0.365 e. The van der Waals surface area contributed by atoms with Crippen LogP contribution >= 0.6 is 0 Å². The number of rotatable bonds is 5. The molecule has 0 radical (unpaired) electrons. The molecule has 0 saturated heterocycles. The number of aromatic amines is 1. The van der Waals surface area contributed by atoms with Gasteiger partial charge in [-0.15, -0.1) is 0 Å². The van der Waals surface area contributed by atoms with Gasteiger partial charge in [0.15, 0.2) is 0 Å². The Bertz CT molecular complexity index is 626. The van der Waals surface area contributed by atoms with Crippen molar-refractivity contribution in [2.75, 3.05) is 6.54 Å². The van der Waals surface area contributed by atoms with Crippen molar-refractivity contribution in [2.45, 2.75) is 6.42 Å². The first kappa shape index (κ1) is 13.7. The molecule has 2 rings (SSSR count). The summed E-state index contributed by atoms with van der Waals surface area (Å²) in [6, 6.07) is 6.57. The normalized spacial score (nSPS) is 10.2. The van der Waals surface area contributed by atoms with Crippen molar-refractivity contribution in [3.05, 3.63) is 63.7 Å². The first-order chi connectivity index (χ1) is 9.58. The van der Waals surface area contributed by atoms with Gasteiger partial charge in [0.25, 0.3) is 11.6 Å². The molecule has 0 unspecified atom stereocenters. The van der Waals surface area contributed by atoms with Crippen LogP contribution in [-0.2, 0) is 6.42 Å². The van der Waals surface area contributed by atoms with Crippen LogP contribution in [0.15, 0.2) is 36.5 Å². The van der Waals surface area contributed by atoms with Crippen LogP contribution in [-0.4, -0.2) is 22.4 Å². The molecule has 7 heteroatoms. The predicted octanol–water partition coefficient (Wildman–Crippen LogP) is 2.03. The number of nitrogens with one attached hydrogen (secondary N) is 2. The fourth-order valence-corrected chi connectivity index (χ4v) is 1.78. The van der Waals surface area contributed by atoms with E-state index in [0.717, 1.165) is 23.9 Å². The molecule has 1 amide bonds. The number of nitrogens with zero attached hydrogens (tertiary/aromatic N) is 1. The van der Waals surface area contributed by atoms with Crippen molar-refractivity contribution >= 4 is 11.6 Å². The number of benzene rings is 1. The summed E-state index contributed by atoms with van der Waals surface area (Å²) in [6.07, 6.45) is 2.34. The third-order valence-electron chi connectivity index (χ3n) is 2.74. The van der Waals surface area contributed by atoms with Gasteiger partial charge < -0.3 is 10.3 Å². The van der Waals surface area contributed by atoms with E-state index in [1.807, 2.05) is 12.1 Å². The molecule has 1 heterocycles. The van der Waals surface area contributed by atoms with Crippen molar-refractivity contribution in [2.24, 2.45) is 0 Å². The monoisotopic (exact) mass is 277 g/mol. The highest BCUT2D eigenvalue weighted by atomic mass is 19.1. The lowest BCUT2D eigenvalue weighted by atomic mass is 10.1. The highest BCUT2D eigenvalue weighted by Crippen LogP contribution is 2.19. The van der Waals surface area contributed by atoms with E-state index in [4.69, 9.17) is 0 Å². The van der Waals surface area contributed by atoms with E-state index in [0.29, 0.717) is 13.0 Å². The molecule has 0 spiro atoms. The number of nitro benzene ring substituents is 1. The Hall–Kier alpha value is -2.70. The lowest BCUT2D eigenvalue weighted by molar-refractivity contribution is -0.385. The van der Waals surface area contributed by atoms with Crippen LogP contribution in [0, 0.1) is 15.9 Å². The molecule has 1 aromatic carbocycles. The summed E-state index contributed by atoms with van der Waals surface area (Å²) >= 11 is 0. The Morgan fingerprint density at radius 2 is 2.20 bits per heavy atom. The van der Waals surface area contributed by atoms with E-state index < -0.39 is 22.3 Å². The van der Waals surface area contributed by atoms with Crippen LogP contribution in [0.1, 0.15) is 16.1 Å². The molecule has 0 aliphatic carbocycles. The van der Waals surface area contributed by atoms with Gasteiger partial charge in [-0.25, -0.2) is 4.39 Å². The summed E-state index contributed by atoms with van der Waals surface area (Å²) in [5.41, 5.74) is 0.254. The lowest BCUT2D eigenvalue weighted by Crippen LogP contribution is -2.26. The predicted molar refractivity (Wildman–Crippen MR) is 69.9 cm³/mol. The molecular formula is C13H12FN3O3. The highest BCUT2D eigenvalue weighted by molar-refractivity contribution is 5.98. The molecule has 0 fully saturated rings. The van der Waals surface area contributed by atoms with E-state index in [9.17, 15) is 19.3 Å². The minimum absolute atomic E-state index is 0.150. The zero-order chi connectivity index (χ0) is 14.5. The average Bonchev–Trinajstić information content (AvgIpc) is 2.91. The zero-order valence-corrected chi connectivity index (χ0v) is 10.4. The van der Waals surface area contributed by atoms with Gasteiger partial charge >= 0.3 is 0 Å². The Kier molecular flexibility index (Phi) is 4.09. The number of hydrogen-bond acceptors (Lipinski definition) is 3. The molecule has 0 bridgehead atoms. The van der Waals surface area contributed by atoms with Gasteiger partial charge in [0, 0.05) is 24.9 Å². The Balaban J connectivity index is 2.03. The number of amides is 1. The fraction of sp³-hybridized carbons (Fsp3) is 0.154. The van der Waals surface area contributed by atoms with E-state index in [1.165, 1.54) is 0 Å². The Morgan fingerprint density at radius 1 is 1.40 bits per heavy atom. The van der Waals surface area contributed by atoms with Crippen LogP contribution in [0.25, 0.3) is 0 Å². The summed E-state index contributed by atoms with van der Waals surface area (Å²) in [5, 5.41) is 13.4. The first-order valence-electron chi connectivity index (χ1n) is 5.92. The average molecular weight is 277 g/mol. The van der Waals surface area contributed by atoms with E-state index in [2.05, 4.69) is 10.3 Å². The Labute approximate surface area is 113 Å². The number of aromatic nitrogens is 1. The maximum atomic E-state index is 13.0. The quantitative estimate of drug-likeness (QED) is 0.647. The Morgan fingerprint density at radius 3 is 2.85 bits per heavy atom. The second-order valence-electron chi connectivity index (χ2n) is 4.12. The smallest absolute Gasteiger partial charge is 0.285 e. The van der Waals surface area contributed by atoms with Crippen LogP contribution in [0.3, 0.4) is 0 Å². The van der Waals surface area contributed by atoms with Gasteiger partial charge in [-0.1, -0.05) is 0 Å². The standard InChI is InChI=1S/C13H12FN3O3/c14-9-3-4-11(12(8-9)17(19)20)13(18)16-7-5-10-2-1-6-15-10/h1-4,6,8,15H,5,7H2,(H,16,18). The minimum atomic E-state index is -0.775. The molecule has 0 aliphatic heterocycles. The van der Waals surface area contributed by atoms with E-state index in [-0.39, 0.29) is 5.56 Å². The van der Waals surface area contributed by atoms with Crippen molar-refractivity contribution in [1.82, 2.24) is 10.3 Å². The van der Waals surface area contributed by atoms with Crippen LogP contribution in [0.2, 0.25) is 0 Å². The maximum absolute atomic E-state index is 13.0. The van der Waals surface area contributed by atoms with Crippen LogP contribution in [0.5, 0.6) is 0 Å². The molecule has 20 heavy (non-hydrogen) atoms. The molecular weight excluding hydrogens is 265 g/mol. The van der Waals surface area contributed by atoms with Gasteiger partial charge in [0.2, 0.25) is 0 Å². The van der Waals surface area contributed by atoms with Gasteiger partial charge in [0.05, 0.1) is 11.0 Å². The molecule has 1 aromatic heterocycles. The van der Waals surface area contributed by atoms with Gasteiger partial charge in [-0.2, -0.15) is 0 Å². The maximum Gasteiger partial charge on any atom is 0.285 e. The molecule has 104 valence electrons. The second kappa shape index (κ2) is 5.96. The summed E-state index contributed by atoms with van der Waals surface area (Å²) in [6.45, 7) is 0.327. The van der Waals surface area contributed by atoms with Crippen LogP contribution in [0.4, 0.5) is 10.1 Å². The first-order valence-corrected chi connectivity index (χ1v) is 5.92. The number of H-pyrrole nitrogens is 1. The van der Waals surface area contributed by atoms with Crippen molar-refractivity contribution in [3.63, 3.8) is 0 Å². The minimum Gasteiger partial charge on any atom is -0.365 e. The summed E-state index contributed by atoms with van der Waals surface area (Å²) < 4.78 is 13.0. The number of nitro groups is 1. The van der Waals surface area contributed by atoms with Gasteiger partial charge in [-0.3, -0.25) is 14.9 Å². The SMILES string of the molecule is O=C(NCCc1ccc[nH]1)c1ccc(F)cc1[N+](=O)[O-]. The van der Waals surface area contributed by atoms with Gasteiger partial charge in [-0.05, 0) is 24.3 Å². The lowest BCUT2D eigenvalue weighted by Gasteiger charge is -2.05. The molecule has 6 nitrogen and oxygen atoms in total. The number of carbonyl (C=O) groups excluding carboxylic acids is 1. The molecule has 0 saturated carbocycles. The second-order valence-corrected chi connectivity index (χ2v) is 4.12. The molecule has 2 N–H and O–H groups in total. The zero-order valence-electron chi connectivity index (χ0n) is 10.4. The molecule has 2 aromatic rings. The summed E-state index contributed by atoms with van der Waals surface area (Å²) in [5.74, 6) is -1.34. The van der Waals surface area contributed by atoms with Crippen LogP contribution < -0.4 is 5.32 Å². The number of hydrogen-bond donors (Lipinski definition) is 2. The summed E-state index contributed by atoms with van der Waals surface area (Å²) in [7, 11) is 0. The van der Waals surface area contributed by atoms with Crippen molar-refractivity contribution in [3.8, 4) is 0 Å². The summed E-state index contributed by atoms with van der Waals surface area (Å²) in [4.78, 5) is 24.9. The van der Waals surface area contributed by atoms with E-state index in [1.54, 1.807) is 6.20 Å². The molecule has 0 aliphatic rings. The number of carbonyl (C=O) groups is 1. The van der Waals surface area contributed by atoms with E-state index >= 15 is 0 Å². The molecule has 0 atom stereocenters. The highest BCUT2D eigenvalue weighted by Gasteiger charge is 2.20. The third kappa shape index (κ3) is 3.19. The van der Waals surface area contributed by atoms with Crippen molar-refractivity contribution in [1.29, 1.82) is 0 Å². The topological polar surface area (TPSA) is 88.0 Å².